The molecule has 0 radical (unpaired) electrons. The van der Waals surface area contributed by atoms with Crippen molar-refractivity contribution >= 4 is 28.9 Å². The third-order valence-corrected chi connectivity index (χ3v) is 3.26. The van der Waals surface area contributed by atoms with Gasteiger partial charge in [0.25, 0.3) is 0 Å². The minimum Gasteiger partial charge on any atom is -0.465 e. The quantitative estimate of drug-likeness (QED) is 0.789. The molecule has 0 atom stereocenters. The van der Waals surface area contributed by atoms with E-state index in [1.807, 2.05) is 38.0 Å². The molecule has 6 nitrogen and oxygen atoms in total. The van der Waals surface area contributed by atoms with Gasteiger partial charge in [0.05, 0.1) is 29.7 Å². The maximum atomic E-state index is 11.8. The van der Waals surface area contributed by atoms with Gasteiger partial charge in [-0.1, -0.05) is 0 Å². The molecule has 116 valence electrons. The Morgan fingerprint density at radius 3 is 1.67 bits per heavy atom. The van der Waals surface area contributed by atoms with Crippen molar-refractivity contribution in [1.82, 2.24) is 0 Å². The molecule has 6 heteroatoms. The fraction of sp³-hybridized carbons (Fsp3) is 0.467. The van der Waals surface area contributed by atoms with E-state index < -0.39 is 5.97 Å². The standard InChI is InChI=1S/C15H23N3O3/c1-10(19)18(6)14-12(16(2)3)8-11(15(20)21-7)9-13(14)17(4)5/h8-9H,1-7H3. The second-order valence-corrected chi connectivity index (χ2v) is 5.22. The Labute approximate surface area is 125 Å². The van der Waals surface area contributed by atoms with E-state index in [-0.39, 0.29) is 5.91 Å². The first-order valence-electron chi connectivity index (χ1n) is 6.56. The Bertz CT molecular complexity index is 524. The Morgan fingerprint density at radius 2 is 1.38 bits per heavy atom. The molecule has 0 aliphatic heterocycles. The molecule has 0 aliphatic rings. The summed E-state index contributed by atoms with van der Waals surface area (Å²) in [6, 6.07) is 3.46. The van der Waals surface area contributed by atoms with Crippen LogP contribution in [0.5, 0.6) is 0 Å². The normalized spacial score (nSPS) is 10.0. The average molecular weight is 293 g/mol. The Hall–Kier alpha value is -2.24. The van der Waals surface area contributed by atoms with Crippen molar-refractivity contribution in [3.05, 3.63) is 17.7 Å². The van der Waals surface area contributed by atoms with Gasteiger partial charge in [0.15, 0.2) is 0 Å². The molecule has 0 N–H and O–H groups in total. The van der Waals surface area contributed by atoms with Crippen molar-refractivity contribution in [3.8, 4) is 0 Å². The van der Waals surface area contributed by atoms with E-state index in [4.69, 9.17) is 4.74 Å². The molecule has 0 aromatic heterocycles. The lowest BCUT2D eigenvalue weighted by Crippen LogP contribution is -2.28. The number of benzene rings is 1. The van der Waals surface area contributed by atoms with Gasteiger partial charge in [-0.2, -0.15) is 0 Å². The van der Waals surface area contributed by atoms with Crippen molar-refractivity contribution in [2.75, 3.05) is 57.0 Å². The highest BCUT2D eigenvalue weighted by Crippen LogP contribution is 2.38. The van der Waals surface area contributed by atoms with Crippen LogP contribution in [0.15, 0.2) is 12.1 Å². The van der Waals surface area contributed by atoms with E-state index in [2.05, 4.69) is 0 Å². The smallest absolute Gasteiger partial charge is 0.338 e. The van der Waals surface area contributed by atoms with Crippen LogP contribution in [0, 0.1) is 0 Å². The summed E-state index contributed by atoms with van der Waals surface area (Å²) in [5.41, 5.74) is 2.76. The predicted molar refractivity (Wildman–Crippen MR) is 85.5 cm³/mol. The summed E-state index contributed by atoms with van der Waals surface area (Å²) in [6.45, 7) is 1.51. The molecule has 21 heavy (non-hydrogen) atoms. The molecule has 1 aromatic rings. The fourth-order valence-corrected chi connectivity index (χ4v) is 2.02. The van der Waals surface area contributed by atoms with Crippen molar-refractivity contribution < 1.29 is 14.3 Å². The Morgan fingerprint density at radius 1 is 0.952 bits per heavy atom. The summed E-state index contributed by atoms with van der Waals surface area (Å²) in [5.74, 6) is -0.481. The average Bonchev–Trinajstić information content (AvgIpc) is 2.43. The molecule has 0 bridgehead atoms. The third kappa shape index (κ3) is 3.45. The lowest BCUT2D eigenvalue weighted by atomic mass is 10.1. The van der Waals surface area contributed by atoms with Gasteiger partial charge < -0.3 is 19.4 Å². The van der Waals surface area contributed by atoms with Crippen LogP contribution in [-0.2, 0) is 9.53 Å². The first kappa shape index (κ1) is 16.8. The van der Waals surface area contributed by atoms with E-state index in [1.54, 1.807) is 24.1 Å². The summed E-state index contributed by atoms with van der Waals surface area (Å²) in [4.78, 5) is 28.9. The number of nitrogens with zero attached hydrogens (tertiary/aromatic N) is 3. The lowest BCUT2D eigenvalue weighted by Gasteiger charge is -2.29. The molecular formula is C15H23N3O3. The summed E-state index contributed by atoms with van der Waals surface area (Å²) < 4.78 is 4.80. The number of esters is 1. The lowest BCUT2D eigenvalue weighted by molar-refractivity contribution is -0.116. The highest BCUT2D eigenvalue weighted by molar-refractivity contribution is 6.03. The number of carbonyl (C=O) groups excluding carboxylic acids is 2. The zero-order valence-corrected chi connectivity index (χ0v) is 13.7. The molecule has 1 rings (SSSR count). The number of hydrogen-bond donors (Lipinski definition) is 0. The first-order chi connectivity index (χ1) is 9.70. The zero-order valence-electron chi connectivity index (χ0n) is 13.7. The molecule has 0 spiro atoms. The van der Waals surface area contributed by atoms with Crippen molar-refractivity contribution in [3.63, 3.8) is 0 Å². The number of anilines is 3. The van der Waals surface area contributed by atoms with Crippen LogP contribution in [-0.4, -0.2) is 54.2 Å². The van der Waals surface area contributed by atoms with Crippen LogP contribution in [0.25, 0.3) is 0 Å². The molecule has 0 heterocycles. The number of methoxy groups -OCH3 is 1. The number of rotatable bonds is 4. The zero-order chi connectivity index (χ0) is 16.3. The highest BCUT2D eigenvalue weighted by Gasteiger charge is 2.22. The van der Waals surface area contributed by atoms with Crippen molar-refractivity contribution in [1.29, 1.82) is 0 Å². The van der Waals surface area contributed by atoms with Gasteiger partial charge in [-0.25, -0.2) is 4.79 Å². The summed E-state index contributed by atoms with van der Waals surface area (Å²) >= 11 is 0. The van der Waals surface area contributed by atoms with Crippen LogP contribution in [0.3, 0.4) is 0 Å². The van der Waals surface area contributed by atoms with E-state index in [9.17, 15) is 9.59 Å². The van der Waals surface area contributed by atoms with Gasteiger partial charge in [0.1, 0.15) is 0 Å². The first-order valence-corrected chi connectivity index (χ1v) is 6.56. The van der Waals surface area contributed by atoms with Crippen molar-refractivity contribution in [2.24, 2.45) is 0 Å². The molecule has 1 aromatic carbocycles. The number of carbonyl (C=O) groups is 2. The largest absolute Gasteiger partial charge is 0.465 e. The second-order valence-electron chi connectivity index (χ2n) is 5.22. The maximum Gasteiger partial charge on any atom is 0.338 e. The van der Waals surface area contributed by atoms with E-state index >= 15 is 0 Å². The van der Waals surface area contributed by atoms with Gasteiger partial charge in [-0.05, 0) is 12.1 Å². The number of hydrogen-bond acceptors (Lipinski definition) is 5. The Balaban J connectivity index is 3.66. The number of ether oxygens (including phenoxy) is 1. The fourth-order valence-electron chi connectivity index (χ4n) is 2.02. The molecule has 0 fully saturated rings. The van der Waals surface area contributed by atoms with Crippen LogP contribution in [0.2, 0.25) is 0 Å². The minimum absolute atomic E-state index is 0.0768. The van der Waals surface area contributed by atoms with Crippen molar-refractivity contribution in [2.45, 2.75) is 6.92 Å². The van der Waals surface area contributed by atoms with E-state index in [1.165, 1.54) is 14.0 Å². The molecule has 0 saturated carbocycles. The van der Waals surface area contributed by atoms with Crippen LogP contribution < -0.4 is 14.7 Å². The monoisotopic (exact) mass is 293 g/mol. The van der Waals surface area contributed by atoms with Crippen LogP contribution in [0.1, 0.15) is 17.3 Å². The minimum atomic E-state index is -0.404. The van der Waals surface area contributed by atoms with Gasteiger partial charge >= 0.3 is 5.97 Å². The topological polar surface area (TPSA) is 53.1 Å². The predicted octanol–water partition coefficient (Wildman–Crippen LogP) is 1.59. The second kappa shape index (κ2) is 6.47. The highest BCUT2D eigenvalue weighted by atomic mass is 16.5. The van der Waals surface area contributed by atoms with Crippen LogP contribution >= 0.6 is 0 Å². The van der Waals surface area contributed by atoms with Gasteiger partial charge in [0.2, 0.25) is 5.91 Å². The van der Waals surface area contributed by atoms with Gasteiger partial charge in [0, 0.05) is 42.2 Å². The van der Waals surface area contributed by atoms with Gasteiger partial charge in [-0.15, -0.1) is 0 Å². The third-order valence-electron chi connectivity index (χ3n) is 3.26. The van der Waals surface area contributed by atoms with Crippen LogP contribution in [0.4, 0.5) is 17.1 Å². The molecule has 0 saturated heterocycles. The SMILES string of the molecule is COC(=O)c1cc(N(C)C)c(N(C)C(C)=O)c(N(C)C)c1. The van der Waals surface area contributed by atoms with E-state index in [0.717, 1.165) is 17.1 Å². The molecule has 1 amide bonds. The molecular weight excluding hydrogens is 270 g/mol. The Kier molecular flexibility index (Phi) is 5.18. The molecule has 0 aliphatic carbocycles. The summed E-state index contributed by atoms with van der Waals surface area (Å²) in [7, 11) is 10.5. The molecule has 0 unspecified atom stereocenters. The van der Waals surface area contributed by atoms with E-state index in [0.29, 0.717) is 5.56 Å². The summed E-state index contributed by atoms with van der Waals surface area (Å²) in [5, 5.41) is 0. The van der Waals surface area contributed by atoms with Gasteiger partial charge in [-0.3, -0.25) is 4.79 Å². The summed E-state index contributed by atoms with van der Waals surface area (Å²) in [6.07, 6.45) is 0. The number of amides is 1. The maximum absolute atomic E-state index is 11.8.